The van der Waals surface area contributed by atoms with Crippen molar-refractivity contribution in [3.05, 3.63) is 24.3 Å². The molecule has 2 saturated carbocycles. The van der Waals surface area contributed by atoms with Gasteiger partial charge in [-0.15, -0.1) is 0 Å². The van der Waals surface area contributed by atoms with Gasteiger partial charge in [0, 0.05) is 31.4 Å². The van der Waals surface area contributed by atoms with Crippen molar-refractivity contribution in [2.24, 2.45) is 0 Å². The summed E-state index contributed by atoms with van der Waals surface area (Å²) in [6.45, 7) is 2.53. The van der Waals surface area contributed by atoms with Gasteiger partial charge in [0.15, 0.2) is 24.0 Å². The molecule has 3 aliphatic heterocycles. The standard InChI is InChI=1S/C26H35NO7/c1-2-29-18-11-9-17(10-12-18)27-23(28)21-19-20(32-25(31-19)13-5-3-6-14-25)22-24(30-21)34-26(33-22)15-7-4-8-16-26/h9-12,19-22,24H,2-8,13-16H2,1H3,(H,27,28). The Morgan fingerprint density at radius 2 is 1.44 bits per heavy atom. The van der Waals surface area contributed by atoms with Crippen LogP contribution in [0.5, 0.6) is 5.75 Å². The van der Waals surface area contributed by atoms with Crippen LogP contribution in [0.4, 0.5) is 5.69 Å². The molecule has 1 N–H and O–H groups in total. The third-order valence-corrected chi connectivity index (χ3v) is 7.80. The van der Waals surface area contributed by atoms with Crippen LogP contribution in [0.3, 0.4) is 0 Å². The van der Waals surface area contributed by atoms with Crippen LogP contribution >= 0.6 is 0 Å². The van der Waals surface area contributed by atoms with Gasteiger partial charge in [-0.2, -0.15) is 0 Å². The summed E-state index contributed by atoms with van der Waals surface area (Å²) >= 11 is 0. The van der Waals surface area contributed by atoms with Crippen molar-refractivity contribution < 1.29 is 33.2 Å². The summed E-state index contributed by atoms with van der Waals surface area (Å²) in [7, 11) is 0. The van der Waals surface area contributed by atoms with Crippen LogP contribution in [0.15, 0.2) is 24.3 Å². The monoisotopic (exact) mass is 473 g/mol. The molecule has 186 valence electrons. The van der Waals surface area contributed by atoms with Gasteiger partial charge in [-0.3, -0.25) is 4.79 Å². The van der Waals surface area contributed by atoms with Crippen LogP contribution < -0.4 is 10.1 Å². The molecule has 34 heavy (non-hydrogen) atoms. The normalized spacial score (nSPS) is 35.6. The first-order valence-corrected chi connectivity index (χ1v) is 13.0. The number of hydrogen-bond acceptors (Lipinski definition) is 7. The number of amides is 1. The van der Waals surface area contributed by atoms with Gasteiger partial charge in [0.05, 0.1) is 6.61 Å². The van der Waals surface area contributed by atoms with Crippen LogP contribution in [0.1, 0.15) is 71.1 Å². The second-order valence-corrected chi connectivity index (χ2v) is 10.2. The number of carbonyl (C=O) groups excluding carboxylic acids is 1. The predicted octanol–water partition coefficient (Wildman–Crippen LogP) is 4.27. The maximum Gasteiger partial charge on any atom is 0.256 e. The van der Waals surface area contributed by atoms with Crippen molar-refractivity contribution >= 4 is 11.6 Å². The largest absolute Gasteiger partial charge is 0.494 e. The average molecular weight is 474 g/mol. The molecule has 5 aliphatic rings. The van der Waals surface area contributed by atoms with Crippen LogP contribution in [0, 0.1) is 0 Å². The molecule has 0 aromatic heterocycles. The molecule has 6 rings (SSSR count). The highest BCUT2D eigenvalue weighted by Crippen LogP contribution is 2.51. The van der Waals surface area contributed by atoms with Crippen LogP contribution in [0.25, 0.3) is 0 Å². The van der Waals surface area contributed by atoms with Crippen molar-refractivity contribution in [1.29, 1.82) is 0 Å². The Morgan fingerprint density at radius 1 is 0.853 bits per heavy atom. The third-order valence-electron chi connectivity index (χ3n) is 7.80. The van der Waals surface area contributed by atoms with Crippen molar-refractivity contribution in [3.63, 3.8) is 0 Å². The first kappa shape index (κ1) is 22.7. The number of carbonyl (C=O) groups is 1. The highest BCUT2D eigenvalue weighted by atomic mass is 16.9. The zero-order chi connectivity index (χ0) is 23.2. The maximum absolute atomic E-state index is 13.4. The smallest absolute Gasteiger partial charge is 0.256 e. The molecule has 1 amide bonds. The van der Waals surface area contributed by atoms with E-state index in [4.69, 9.17) is 28.4 Å². The van der Waals surface area contributed by atoms with E-state index in [1.54, 1.807) is 0 Å². The highest BCUT2D eigenvalue weighted by Gasteiger charge is 2.65. The minimum absolute atomic E-state index is 0.262. The number of rotatable bonds is 4. The quantitative estimate of drug-likeness (QED) is 0.699. The van der Waals surface area contributed by atoms with E-state index in [9.17, 15) is 4.79 Å². The molecule has 3 heterocycles. The highest BCUT2D eigenvalue weighted by molar-refractivity contribution is 5.94. The molecule has 2 aliphatic carbocycles. The summed E-state index contributed by atoms with van der Waals surface area (Å²) in [6, 6.07) is 7.33. The van der Waals surface area contributed by atoms with Gasteiger partial charge in [0.2, 0.25) is 0 Å². The van der Waals surface area contributed by atoms with Gasteiger partial charge < -0.3 is 33.7 Å². The summed E-state index contributed by atoms with van der Waals surface area (Å²) in [5, 5.41) is 2.98. The lowest BCUT2D eigenvalue weighted by Crippen LogP contribution is -2.58. The number of anilines is 1. The van der Waals surface area contributed by atoms with E-state index >= 15 is 0 Å². The molecule has 0 radical (unpaired) electrons. The molecule has 5 fully saturated rings. The van der Waals surface area contributed by atoms with E-state index in [-0.39, 0.29) is 12.0 Å². The molecule has 2 spiro atoms. The summed E-state index contributed by atoms with van der Waals surface area (Å²) in [4.78, 5) is 13.4. The van der Waals surface area contributed by atoms with Crippen LogP contribution in [-0.2, 0) is 28.5 Å². The van der Waals surface area contributed by atoms with Gasteiger partial charge in [-0.1, -0.05) is 12.8 Å². The first-order valence-electron chi connectivity index (χ1n) is 13.0. The molecule has 8 nitrogen and oxygen atoms in total. The Hall–Kier alpha value is -1.71. The van der Waals surface area contributed by atoms with Gasteiger partial charge in [-0.25, -0.2) is 0 Å². The van der Waals surface area contributed by atoms with Gasteiger partial charge in [-0.05, 0) is 56.9 Å². The number of benzene rings is 1. The number of hydrogen-bond donors (Lipinski definition) is 1. The lowest BCUT2D eigenvalue weighted by Gasteiger charge is -2.36. The zero-order valence-corrected chi connectivity index (χ0v) is 19.8. The molecular weight excluding hydrogens is 438 g/mol. The summed E-state index contributed by atoms with van der Waals surface area (Å²) in [5.41, 5.74) is 0.675. The first-order chi connectivity index (χ1) is 16.6. The number of nitrogens with one attached hydrogen (secondary N) is 1. The van der Waals surface area contributed by atoms with Gasteiger partial charge >= 0.3 is 0 Å². The fourth-order valence-corrected chi connectivity index (χ4v) is 6.18. The Labute approximate surface area is 200 Å². The molecule has 3 saturated heterocycles. The second kappa shape index (κ2) is 9.06. The average Bonchev–Trinajstić information content (AvgIpc) is 3.38. The van der Waals surface area contributed by atoms with Gasteiger partial charge in [0.25, 0.3) is 5.91 Å². The fourth-order valence-electron chi connectivity index (χ4n) is 6.18. The van der Waals surface area contributed by atoms with Crippen molar-refractivity contribution in [1.82, 2.24) is 0 Å². The lowest BCUT2D eigenvalue weighted by molar-refractivity contribution is -0.246. The maximum atomic E-state index is 13.4. The minimum atomic E-state index is -0.846. The molecule has 8 heteroatoms. The second-order valence-electron chi connectivity index (χ2n) is 10.2. The summed E-state index contributed by atoms with van der Waals surface area (Å²) in [5.74, 6) is -0.792. The van der Waals surface area contributed by atoms with Crippen LogP contribution in [0.2, 0.25) is 0 Å². The van der Waals surface area contributed by atoms with Gasteiger partial charge in [0.1, 0.15) is 24.1 Å². The minimum Gasteiger partial charge on any atom is -0.494 e. The van der Waals surface area contributed by atoms with Crippen molar-refractivity contribution in [3.8, 4) is 5.75 Å². The van der Waals surface area contributed by atoms with E-state index < -0.39 is 36.2 Å². The predicted molar refractivity (Wildman–Crippen MR) is 122 cm³/mol. The molecular formula is C26H35NO7. The van der Waals surface area contributed by atoms with E-state index in [2.05, 4.69) is 5.32 Å². The summed E-state index contributed by atoms with van der Waals surface area (Å²) < 4.78 is 37.8. The Kier molecular flexibility index (Phi) is 6.06. The van der Waals surface area contributed by atoms with E-state index in [0.717, 1.165) is 57.1 Å². The van der Waals surface area contributed by atoms with Crippen molar-refractivity contribution in [2.45, 2.75) is 113 Å². The Balaban J connectivity index is 1.23. The number of ether oxygens (including phenoxy) is 6. The Morgan fingerprint density at radius 3 is 2.09 bits per heavy atom. The van der Waals surface area contributed by atoms with Crippen molar-refractivity contribution in [2.75, 3.05) is 11.9 Å². The van der Waals surface area contributed by atoms with Crippen LogP contribution in [-0.4, -0.2) is 54.8 Å². The third kappa shape index (κ3) is 4.13. The SMILES string of the molecule is CCOc1ccc(NC(=O)C2OC3OC4(CCCCC4)OC3C3OC4(CCCCC4)OC23)cc1. The number of fused-ring (bicyclic) bond motifs is 3. The fraction of sp³-hybridized carbons (Fsp3) is 0.731. The molecule has 1 aromatic rings. The lowest BCUT2D eigenvalue weighted by atomic mass is 9.94. The zero-order valence-electron chi connectivity index (χ0n) is 19.8. The van der Waals surface area contributed by atoms with E-state index in [1.165, 1.54) is 12.8 Å². The molecule has 0 bridgehead atoms. The Bertz CT molecular complexity index is 878. The molecule has 5 unspecified atom stereocenters. The molecule has 1 aromatic carbocycles. The topological polar surface area (TPSA) is 84.5 Å². The molecule has 5 atom stereocenters. The van der Waals surface area contributed by atoms with E-state index in [0.29, 0.717) is 12.3 Å². The summed E-state index contributed by atoms with van der Waals surface area (Å²) in [6.07, 6.45) is 7.14. The van der Waals surface area contributed by atoms with E-state index in [1.807, 2.05) is 31.2 Å².